The third-order valence-electron chi connectivity index (χ3n) is 3.19. The van der Waals surface area contributed by atoms with E-state index in [-0.39, 0.29) is 12.3 Å². The molecule has 0 bridgehead atoms. The minimum atomic E-state index is -2.86. The first-order chi connectivity index (χ1) is 8.56. The number of carbonyl (C=O) groups is 1. The molecule has 0 radical (unpaired) electrons. The number of rotatable bonds is 5. The molecule has 0 aromatic rings. The van der Waals surface area contributed by atoms with E-state index in [1.165, 1.54) is 6.08 Å². The fraction of sp³-hybridized carbons (Fsp3) is 0.769. The van der Waals surface area contributed by atoms with Crippen LogP contribution in [-0.4, -0.2) is 32.0 Å². The number of hydrogen-bond donors (Lipinski definition) is 2. The molecular formula is C13H22F2N2O. The average molecular weight is 260 g/mol. The first-order valence-electron chi connectivity index (χ1n) is 6.53. The molecule has 104 valence electrons. The quantitative estimate of drug-likeness (QED) is 0.587. The molecule has 1 rings (SSSR count). The van der Waals surface area contributed by atoms with Gasteiger partial charge in [-0.25, -0.2) is 8.78 Å². The largest absolute Gasteiger partial charge is 0.355 e. The smallest absolute Gasteiger partial charge is 0.269 e. The fourth-order valence-electron chi connectivity index (χ4n) is 2.08. The highest BCUT2D eigenvalue weighted by Crippen LogP contribution is 2.34. The molecule has 0 spiro atoms. The van der Waals surface area contributed by atoms with Crippen molar-refractivity contribution in [3.05, 3.63) is 12.2 Å². The van der Waals surface area contributed by atoms with Gasteiger partial charge in [0.25, 0.3) is 5.92 Å². The summed E-state index contributed by atoms with van der Waals surface area (Å²) in [5.41, 5.74) is 0. The summed E-state index contributed by atoms with van der Waals surface area (Å²) in [6.07, 6.45) is 5.20. The summed E-state index contributed by atoms with van der Waals surface area (Å²) in [5, 5.41) is 5.53. The zero-order valence-corrected chi connectivity index (χ0v) is 10.8. The van der Waals surface area contributed by atoms with E-state index in [1.54, 1.807) is 7.05 Å². The summed E-state index contributed by atoms with van der Waals surface area (Å²) >= 11 is 0. The molecule has 1 atom stereocenters. The van der Waals surface area contributed by atoms with E-state index >= 15 is 0 Å². The van der Waals surface area contributed by atoms with Crippen molar-refractivity contribution >= 4 is 5.91 Å². The van der Waals surface area contributed by atoms with E-state index in [1.807, 2.05) is 0 Å². The number of hydrogen-bond acceptors (Lipinski definition) is 2. The normalized spacial score (nSPS) is 24.9. The van der Waals surface area contributed by atoms with E-state index in [0.29, 0.717) is 25.9 Å². The van der Waals surface area contributed by atoms with Crippen molar-refractivity contribution in [1.82, 2.24) is 10.6 Å². The van der Waals surface area contributed by atoms with Crippen molar-refractivity contribution in [2.45, 2.75) is 38.0 Å². The minimum absolute atomic E-state index is 0.0962. The Morgan fingerprint density at radius 2 is 2.17 bits per heavy atom. The third-order valence-corrected chi connectivity index (χ3v) is 3.19. The zero-order chi connectivity index (χ0) is 13.4. The second-order valence-electron chi connectivity index (χ2n) is 4.72. The Kier molecular flexibility index (Phi) is 6.25. The molecule has 2 N–H and O–H groups in total. The molecule has 5 heteroatoms. The van der Waals surface area contributed by atoms with Gasteiger partial charge in [0, 0.05) is 25.4 Å². The highest BCUT2D eigenvalue weighted by molar-refractivity contribution is 5.76. The SMILES string of the molecule is CNCCNC(=O)CC1CCCC/C=C\C1(F)F. The van der Waals surface area contributed by atoms with Gasteiger partial charge in [-0.3, -0.25) is 4.79 Å². The van der Waals surface area contributed by atoms with Crippen molar-refractivity contribution in [2.24, 2.45) is 5.92 Å². The predicted molar refractivity (Wildman–Crippen MR) is 67.6 cm³/mol. The molecule has 0 aromatic heterocycles. The standard InChI is InChI=1S/C13H22F2N2O/c1-16-8-9-17-12(18)10-11-6-4-2-3-5-7-13(11,14)15/h5,7,11,16H,2-4,6,8-10H2,1H3,(H,17,18)/b7-5-. The van der Waals surface area contributed by atoms with Gasteiger partial charge in [0.05, 0.1) is 0 Å². The van der Waals surface area contributed by atoms with Gasteiger partial charge in [0.2, 0.25) is 5.91 Å². The van der Waals surface area contributed by atoms with E-state index < -0.39 is 11.8 Å². The average Bonchev–Trinajstić information content (AvgIpc) is 2.30. The second kappa shape index (κ2) is 7.46. The topological polar surface area (TPSA) is 41.1 Å². The van der Waals surface area contributed by atoms with Gasteiger partial charge in [0.15, 0.2) is 0 Å². The van der Waals surface area contributed by atoms with Crippen LogP contribution in [0.2, 0.25) is 0 Å². The maximum atomic E-state index is 13.8. The number of carbonyl (C=O) groups excluding carboxylic acids is 1. The molecule has 0 saturated heterocycles. The molecule has 0 aromatic carbocycles. The van der Waals surface area contributed by atoms with Crippen LogP contribution < -0.4 is 10.6 Å². The van der Waals surface area contributed by atoms with Crippen LogP contribution in [-0.2, 0) is 4.79 Å². The molecule has 1 aliphatic carbocycles. The number of likely N-dealkylation sites (N-methyl/N-ethyl adjacent to an activating group) is 1. The van der Waals surface area contributed by atoms with Crippen LogP contribution in [0.25, 0.3) is 0 Å². The fourth-order valence-corrected chi connectivity index (χ4v) is 2.08. The monoisotopic (exact) mass is 260 g/mol. The lowest BCUT2D eigenvalue weighted by Gasteiger charge is -2.25. The maximum absolute atomic E-state index is 13.8. The Labute approximate surface area is 107 Å². The Morgan fingerprint density at radius 3 is 2.89 bits per heavy atom. The van der Waals surface area contributed by atoms with Crippen molar-refractivity contribution in [2.75, 3.05) is 20.1 Å². The van der Waals surface area contributed by atoms with E-state index in [9.17, 15) is 13.6 Å². The Balaban J connectivity index is 2.48. The Hall–Kier alpha value is -0.970. The van der Waals surface area contributed by atoms with E-state index in [2.05, 4.69) is 10.6 Å². The molecule has 3 nitrogen and oxygen atoms in total. The molecule has 18 heavy (non-hydrogen) atoms. The molecule has 1 unspecified atom stereocenters. The molecule has 0 aliphatic heterocycles. The van der Waals surface area contributed by atoms with Gasteiger partial charge in [-0.2, -0.15) is 0 Å². The lowest BCUT2D eigenvalue weighted by atomic mass is 9.88. The summed E-state index contributed by atoms with van der Waals surface area (Å²) in [6, 6.07) is 0. The molecular weight excluding hydrogens is 238 g/mol. The first-order valence-corrected chi connectivity index (χ1v) is 6.53. The van der Waals surface area contributed by atoms with Gasteiger partial charge in [-0.15, -0.1) is 0 Å². The highest BCUT2D eigenvalue weighted by Gasteiger charge is 2.37. The van der Waals surface area contributed by atoms with Gasteiger partial charge in [-0.05, 0) is 32.4 Å². The lowest BCUT2D eigenvalue weighted by Crippen LogP contribution is -2.36. The van der Waals surface area contributed by atoms with Crippen molar-refractivity contribution in [3.8, 4) is 0 Å². The molecule has 0 saturated carbocycles. The predicted octanol–water partition coefficient (Wildman–Crippen LogP) is 2.09. The summed E-state index contributed by atoms with van der Waals surface area (Å²) in [5.74, 6) is -4.02. The third kappa shape index (κ3) is 5.12. The first kappa shape index (κ1) is 15.1. The second-order valence-corrected chi connectivity index (χ2v) is 4.72. The number of nitrogens with one attached hydrogen (secondary N) is 2. The van der Waals surface area contributed by atoms with Crippen LogP contribution in [0.15, 0.2) is 12.2 Å². The summed E-state index contributed by atoms with van der Waals surface area (Å²) in [4.78, 5) is 11.6. The minimum Gasteiger partial charge on any atom is -0.355 e. The number of halogens is 2. The molecule has 0 fully saturated rings. The highest BCUT2D eigenvalue weighted by atomic mass is 19.3. The zero-order valence-electron chi connectivity index (χ0n) is 10.8. The van der Waals surface area contributed by atoms with Crippen molar-refractivity contribution in [1.29, 1.82) is 0 Å². The maximum Gasteiger partial charge on any atom is 0.269 e. The van der Waals surface area contributed by atoms with Crippen LogP contribution in [0, 0.1) is 5.92 Å². The Bertz CT molecular complexity index is 293. The lowest BCUT2D eigenvalue weighted by molar-refractivity contribution is -0.125. The van der Waals surface area contributed by atoms with Crippen LogP contribution in [0.4, 0.5) is 8.78 Å². The van der Waals surface area contributed by atoms with Crippen LogP contribution >= 0.6 is 0 Å². The number of amides is 1. The van der Waals surface area contributed by atoms with Gasteiger partial charge >= 0.3 is 0 Å². The van der Waals surface area contributed by atoms with Crippen molar-refractivity contribution in [3.63, 3.8) is 0 Å². The summed E-state index contributed by atoms with van der Waals surface area (Å²) < 4.78 is 27.6. The number of alkyl halides is 2. The van der Waals surface area contributed by atoms with E-state index in [0.717, 1.165) is 18.9 Å². The number of allylic oxidation sites excluding steroid dienone is 2. The summed E-state index contributed by atoms with van der Waals surface area (Å²) in [7, 11) is 1.78. The van der Waals surface area contributed by atoms with Crippen LogP contribution in [0.1, 0.15) is 32.1 Å². The van der Waals surface area contributed by atoms with Crippen LogP contribution in [0.3, 0.4) is 0 Å². The molecule has 1 aliphatic rings. The van der Waals surface area contributed by atoms with Gasteiger partial charge in [0.1, 0.15) is 0 Å². The summed E-state index contributed by atoms with van der Waals surface area (Å²) in [6.45, 7) is 1.12. The van der Waals surface area contributed by atoms with Crippen molar-refractivity contribution < 1.29 is 13.6 Å². The van der Waals surface area contributed by atoms with Gasteiger partial charge in [-0.1, -0.05) is 12.5 Å². The Morgan fingerprint density at radius 1 is 1.39 bits per heavy atom. The van der Waals surface area contributed by atoms with Crippen LogP contribution in [0.5, 0.6) is 0 Å². The van der Waals surface area contributed by atoms with E-state index in [4.69, 9.17) is 0 Å². The molecule has 0 heterocycles. The van der Waals surface area contributed by atoms with Gasteiger partial charge < -0.3 is 10.6 Å². The molecule has 1 amide bonds.